The Labute approximate surface area is 194 Å². The number of carbonyl (C=O) groups is 4. The summed E-state index contributed by atoms with van der Waals surface area (Å²) in [5.41, 5.74) is 5.94. The lowest BCUT2D eigenvalue weighted by molar-refractivity contribution is -0.142. The van der Waals surface area contributed by atoms with Crippen molar-refractivity contribution in [2.24, 2.45) is 17.6 Å². The molecule has 11 heteroatoms. The van der Waals surface area contributed by atoms with Crippen molar-refractivity contribution in [1.29, 1.82) is 0 Å². The van der Waals surface area contributed by atoms with E-state index in [-0.39, 0.29) is 17.6 Å². The zero-order chi connectivity index (χ0) is 24.1. The van der Waals surface area contributed by atoms with Crippen LogP contribution in [0.15, 0.2) is 0 Å². The Bertz CT molecular complexity index is 606. The lowest BCUT2D eigenvalue weighted by Gasteiger charge is -2.28. The van der Waals surface area contributed by atoms with Crippen LogP contribution in [0, 0.1) is 11.8 Å². The Morgan fingerprint density at radius 3 is 2.03 bits per heavy atom. The summed E-state index contributed by atoms with van der Waals surface area (Å²) >= 11 is 5.48. The van der Waals surface area contributed by atoms with Crippen molar-refractivity contribution in [3.8, 4) is 0 Å². The van der Waals surface area contributed by atoms with Crippen molar-refractivity contribution < 1.29 is 24.3 Å². The van der Waals surface area contributed by atoms with E-state index in [1.807, 2.05) is 27.0 Å². The molecule has 0 saturated carbocycles. The summed E-state index contributed by atoms with van der Waals surface area (Å²) in [7, 11) is 0. The molecule has 180 valence electrons. The van der Waals surface area contributed by atoms with Crippen molar-refractivity contribution >= 4 is 48.1 Å². The minimum atomic E-state index is -1.21. The van der Waals surface area contributed by atoms with Crippen LogP contribution in [0.5, 0.6) is 0 Å². The van der Waals surface area contributed by atoms with Gasteiger partial charge in [-0.2, -0.15) is 24.4 Å². The van der Waals surface area contributed by atoms with E-state index in [9.17, 15) is 19.2 Å². The normalized spacial score (nSPS) is 16.0. The minimum absolute atomic E-state index is 0.0810. The van der Waals surface area contributed by atoms with Crippen LogP contribution < -0.4 is 21.7 Å². The summed E-state index contributed by atoms with van der Waals surface area (Å²) in [5.74, 6) is -2.21. The van der Waals surface area contributed by atoms with Crippen LogP contribution >= 0.6 is 24.4 Å². The van der Waals surface area contributed by atoms with E-state index in [0.717, 1.165) is 0 Å². The average molecular weight is 479 g/mol. The van der Waals surface area contributed by atoms with E-state index in [2.05, 4.69) is 28.6 Å². The summed E-state index contributed by atoms with van der Waals surface area (Å²) in [6, 6.07) is -3.69. The third-order valence-electron chi connectivity index (χ3n) is 4.90. The van der Waals surface area contributed by atoms with E-state index in [1.165, 1.54) is 11.8 Å². The molecule has 0 saturated heterocycles. The summed E-state index contributed by atoms with van der Waals surface area (Å²) in [6.07, 6.45) is 3.33. The number of nitrogens with two attached hydrogens (primary N) is 1. The average Bonchev–Trinajstić information content (AvgIpc) is 2.71. The molecular formula is C20H38N4O5S2. The summed E-state index contributed by atoms with van der Waals surface area (Å²) in [5, 5.41) is 17.0. The van der Waals surface area contributed by atoms with Crippen LogP contribution in [0.1, 0.15) is 47.0 Å². The van der Waals surface area contributed by atoms with E-state index in [4.69, 9.17) is 10.8 Å². The number of aliphatic carboxylic acids is 1. The van der Waals surface area contributed by atoms with Crippen molar-refractivity contribution in [2.45, 2.75) is 71.1 Å². The summed E-state index contributed by atoms with van der Waals surface area (Å²) in [4.78, 5) is 49.3. The van der Waals surface area contributed by atoms with Crippen LogP contribution in [-0.4, -0.2) is 70.7 Å². The van der Waals surface area contributed by atoms with Gasteiger partial charge < -0.3 is 26.8 Å². The first-order chi connectivity index (χ1) is 14.5. The van der Waals surface area contributed by atoms with Gasteiger partial charge in [0.25, 0.3) is 0 Å². The molecule has 5 atom stereocenters. The highest BCUT2D eigenvalue weighted by atomic mass is 32.2. The molecule has 31 heavy (non-hydrogen) atoms. The first-order valence-corrected chi connectivity index (χ1v) is 12.5. The predicted molar refractivity (Wildman–Crippen MR) is 127 cm³/mol. The van der Waals surface area contributed by atoms with E-state index >= 15 is 0 Å². The molecule has 0 rings (SSSR count). The molecular weight excluding hydrogens is 440 g/mol. The second kappa shape index (κ2) is 15.4. The number of amides is 3. The van der Waals surface area contributed by atoms with Gasteiger partial charge in [-0.3, -0.25) is 14.4 Å². The zero-order valence-corrected chi connectivity index (χ0v) is 20.7. The van der Waals surface area contributed by atoms with Crippen molar-refractivity contribution in [3.05, 3.63) is 0 Å². The lowest BCUT2D eigenvalue weighted by atomic mass is 9.97. The second-order valence-electron chi connectivity index (χ2n) is 8.03. The van der Waals surface area contributed by atoms with E-state index < -0.39 is 47.9 Å². The number of carbonyl (C=O) groups excluding carboxylic acids is 3. The number of thioether (sulfide) groups is 1. The molecule has 0 fully saturated rings. The van der Waals surface area contributed by atoms with Gasteiger partial charge in [0, 0.05) is 5.75 Å². The molecule has 5 unspecified atom stereocenters. The fourth-order valence-electron chi connectivity index (χ4n) is 2.80. The summed E-state index contributed by atoms with van der Waals surface area (Å²) < 4.78 is 0. The van der Waals surface area contributed by atoms with Gasteiger partial charge in [0.05, 0.1) is 6.04 Å². The van der Waals surface area contributed by atoms with Gasteiger partial charge >= 0.3 is 5.97 Å². The number of rotatable bonds is 15. The van der Waals surface area contributed by atoms with Gasteiger partial charge in [-0.15, -0.1) is 0 Å². The van der Waals surface area contributed by atoms with Crippen LogP contribution in [0.3, 0.4) is 0 Å². The zero-order valence-electron chi connectivity index (χ0n) is 19.0. The van der Waals surface area contributed by atoms with Gasteiger partial charge in [0.2, 0.25) is 17.7 Å². The molecule has 0 aliphatic carbocycles. The topological polar surface area (TPSA) is 151 Å². The first kappa shape index (κ1) is 29.5. The molecule has 0 aromatic carbocycles. The fraction of sp³-hybridized carbons (Fsp3) is 0.800. The number of hydrogen-bond donors (Lipinski definition) is 6. The Morgan fingerprint density at radius 2 is 1.58 bits per heavy atom. The fourth-order valence-corrected chi connectivity index (χ4v) is 3.52. The molecule has 0 aromatic heterocycles. The van der Waals surface area contributed by atoms with Crippen LogP contribution in [0.2, 0.25) is 0 Å². The van der Waals surface area contributed by atoms with E-state index in [1.54, 1.807) is 6.92 Å². The Balaban J connectivity index is 5.41. The van der Waals surface area contributed by atoms with Gasteiger partial charge in [-0.25, -0.2) is 4.79 Å². The molecule has 6 N–H and O–H groups in total. The monoisotopic (exact) mass is 478 g/mol. The molecule has 0 radical (unpaired) electrons. The minimum Gasteiger partial charge on any atom is -0.480 e. The number of carboxylic acid groups (broad SMARTS) is 1. The third-order valence-corrected chi connectivity index (χ3v) is 5.91. The van der Waals surface area contributed by atoms with E-state index in [0.29, 0.717) is 25.0 Å². The van der Waals surface area contributed by atoms with Crippen LogP contribution in [0.25, 0.3) is 0 Å². The molecule has 0 aliphatic rings. The highest BCUT2D eigenvalue weighted by Crippen LogP contribution is 2.11. The molecule has 0 bridgehead atoms. The number of carboxylic acids is 1. The Hall–Kier alpha value is -1.46. The van der Waals surface area contributed by atoms with Gasteiger partial charge in [-0.05, 0) is 36.7 Å². The Kier molecular flexibility index (Phi) is 14.6. The number of hydrogen-bond acceptors (Lipinski definition) is 7. The smallest absolute Gasteiger partial charge is 0.327 e. The van der Waals surface area contributed by atoms with Crippen LogP contribution in [-0.2, 0) is 19.2 Å². The van der Waals surface area contributed by atoms with Gasteiger partial charge in [0.1, 0.15) is 18.1 Å². The molecule has 9 nitrogen and oxygen atoms in total. The molecule has 3 amide bonds. The highest BCUT2D eigenvalue weighted by Gasteiger charge is 2.32. The standard InChI is InChI=1S/C20H38N4O5S2/c1-6-12(4)16(19(27)23-15(10-30)20(28)29)24-18(26)14(7-8-31-5)22-17(25)13(21)9-11(2)3/h11-16,30H,6-10,21H2,1-5H3,(H,22,25)(H,23,27)(H,24,26)(H,28,29). The van der Waals surface area contributed by atoms with Crippen molar-refractivity contribution in [1.82, 2.24) is 16.0 Å². The number of thiol groups is 1. The first-order valence-electron chi connectivity index (χ1n) is 10.5. The van der Waals surface area contributed by atoms with Gasteiger partial charge in [0.15, 0.2) is 0 Å². The Morgan fingerprint density at radius 1 is 1.00 bits per heavy atom. The molecule has 0 aromatic rings. The SMILES string of the molecule is CCC(C)C(NC(=O)C(CCSC)NC(=O)C(N)CC(C)C)C(=O)NC(CS)C(=O)O. The maximum atomic E-state index is 13.0. The van der Waals surface area contributed by atoms with Crippen LogP contribution in [0.4, 0.5) is 0 Å². The second-order valence-corrected chi connectivity index (χ2v) is 9.38. The predicted octanol–water partition coefficient (Wildman–Crippen LogP) is 0.628. The van der Waals surface area contributed by atoms with Crippen molar-refractivity contribution in [3.63, 3.8) is 0 Å². The maximum Gasteiger partial charge on any atom is 0.327 e. The molecule has 0 heterocycles. The van der Waals surface area contributed by atoms with Gasteiger partial charge in [-0.1, -0.05) is 34.1 Å². The number of nitrogens with one attached hydrogen (secondary N) is 3. The quantitative estimate of drug-likeness (QED) is 0.189. The summed E-state index contributed by atoms with van der Waals surface area (Å²) in [6.45, 7) is 7.56. The largest absolute Gasteiger partial charge is 0.480 e. The van der Waals surface area contributed by atoms with Crippen molar-refractivity contribution in [2.75, 3.05) is 17.8 Å². The highest BCUT2D eigenvalue weighted by molar-refractivity contribution is 7.98. The molecule has 0 aliphatic heterocycles. The molecule has 0 spiro atoms. The third kappa shape index (κ3) is 11.1. The lowest BCUT2D eigenvalue weighted by Crippen LogP contribution is -2.59. The maximum absolute atomic E-state index is 13.0.